The fourth-order valence-electron chi connectivity index (χ4n) is 2.64. The van der Waals surface area contributed by atoms with Crippen LogP contribution in [-0.4, -0.2) is 49.8 Å². The van der Waals surface area contributed by atoms with E-state index in [0.717, 1.165) is 26.3 Å². The van der Waals surface area contributed by atoms with Gasteiger partial charge in [-0.15, -0.1) is 0 Å². The van der Waals surface area contributed by atoms with E-state index in [-0.39, 0.29) is 0 Å². The van der Waals surface area contributed by atoms with Crippen LogP contribution >= 0.6 is 0 Å². The molecule has 1 N–H and O–H groups in total. The normalized spacial score (nSPS) is 21.2. The lowest BCUT2D eigenvalue weighted by Gasteiger charge is -2.36. The van der Waals surface area contributed by atoms with Crippen molar-refractivity contribution < 1.29 is 4.74 Å². The first-order valence-electron chi connectivity index (χ1n) is 8.29. The van der Waals surface area contributed by atoms with Crippen molar-refractivity contribution >= 4 is 0 Å². The monoisotopic (exact) mass is 270 g/mol. The van der Waals surface area contributed by atoms with E-state index >= 15 is 0 Å². The zero-order chi connectivity index (χ0) is 13.9. The van der Waals surface area contributed by atoms with E-state index in [1.54, 1.807) is 0 Å². The van der Waals surface area contributed by atoms with Gasteiger partial charge in [-0.1, -0.05) is 52.9 Å². The lowest BCUT2D eigenvalue weighted by Crippen LogP contribution is -2.51. The van der Waals surface area contributed by atoms with Crippen molar-refractivity contribution in [1.82, 2.24) is 10.2 Å². The summed E-state index contributed by atoms with van der Waals surface area (Å²) in [5, 5.41) is 3.54. The Morgan fingerprint density at radius 3 is 2.63 bits per heavy atom. The summed E-state index contributed by atoms with van der Waals surface area (Å²) in [5.74, 6) is 0. The Kier molecular flexibility index (Phi) is 9.48. The minimum atomic E-state index is 0.567. The lowest BCUT2D eigenvalue weighted by molar-refractivity contribution is -0.00797. The standard InChI is InChI=1S/C16H34N2O/c1-4-5-6-7-8-9-10-18-11-12-19-14-16(18)13-17-15(2)3/h15-17H,4-14H2,1-3H3. The van der Waals surface area contributed by atoms with Gasteiger partial charge in [0.05, 0.1) is 13.2 Å². The van der Waals surface area contributed by atoms with Gasteiger partial charge in [0.1, 0.15) is 0 Å². The number of ether oxygens (including phenoxy) is 1. The van der Waals surface area contributed by atoms with Crippen LogP contribution in [0.1, 0.15) is 59.3 Å². The molecule has 0 spiro atoms. The summed E-state index contributed by atoms with van der Waals surface area (Å²) in [6.45, 7) is 11.9. The second-order valence-electron chi connectivity index (χ2n) is 6.10. The van der Waals surface area contributed by atoms with Crippen molar-refractivity contribution in [2.24, 2.45) is 0 Å². The van der Waals surface area contributed by atoms with E-state index in [2.05, 4.69) is 31.0 Å². The SMILES string of the molecule is CCCCCCCCN1CCOCC1CNC(C)C. The highest BCUT2D eigenvalue weighted by atomic mass is 16.5. The largest absolute Gasteiger partial charge is 0.378 e. The first kappa shape index (κ1) is 16.9. The molecule has 0 amide bonds. The van der Waals surface area contributed by atoms with Crippen LogP contribution in [-0.2, 0) is 4.74 Å². The molecule has 0 bridgehead atoms. The third-order valence-corrected chi connectivity index (χ3v) is 3.91. The van der Waals surface area contributed by atoms with Gasteiger partial charge < -0.3 is 10.1 Å². The molecule has 1 atom stereocenters. The number of morpholine rings is 1. The summed E-state index contributed by atoms with van der Waals surface area (Å²) >= 11 is 0. The number of hydrogen-bond donors (Lipinski definition) is 1. The van der Waals surface area contributed by atoms with Crippen molar-refractivity contribution in [3.05, 3.63) is 0 Å². The maximum atomic E-state index is 5.62. The van der Waals surface area contributed by atoms with Gasteiger partial charge in [-0.05, 0) is 13.0 Å². The molecule has 1 aliphatic rings. The van der Waals surface area contributed by atoms with E-state index in [1.807, 2.05) is 0 Å². The summed E-state index contributed by atoms with van der Waals surface area (Å²) < 4.78 is 5.62. The highest BCUT2D eigenvalue weighted by Crippen LogP contribution is 2.10. The van der Waals surface area contributed by atoms with Gasteiger partial charge in [0, 0.05) is 25.2 Å². The Morgan fingerprint density at radius 2 is 1.89 bits per heavy atom. The number of nitrogens with one attached hydrogen (secondary N) is 1. The van der Waals surface area contributed by atoms with Crippen LogP contribution in [0.2, 0.25) is 0 Å². The summed E-state index contributed by atoms with van der Waals surface area (Å²) in [5.41, 5.74) is 0. The van der Waals surface area contributed by atoms with Gasteiger partial charge >= 0.3 is 0 Å². The van der Waals surface area contributed by atoms with Crippen LogP contribution in [0.25, 0.3) is 0 Å². The predicted molar refractivity (Wildman–Crippen MR) is 82.7 cm³/mol. The molecule has 0 aromatic carbocycles. The third kappa shape index (κ3) is 7.91. The summed E-state index contributed by atoms with van der Waals surface area (Å²) in [7, 11) is 0. The average Bonchev–Trinajstić information content (AvgIpc) is 2.41. The van der Waals surface area contributed by atoms with Crippen molar-refractivity contribution in [3.8, 4) is 0 Å². The molecule has 0 radical (unpaired) electrons. The molecule has 114 valence electrons. The molecule has 19 heavy (non-hydrogen) atoms. The molecule has 0 saturated carbocycles. The molecule has 1 fully saturated rings. The third-order valence-electron chi connectivity index (χ3n) is 3.91. The van der Waals surface area contributed by atoms with Crippen LogP contribution < -0.4 is 5.32 Å². The maximum Gasteiger partial charge on any atom is 0.0634 e. The molecule has 1 saturated heterocycles. The van der Waals surface area contributed by atoms with E-state index in [9.17, 15) is 0 Å². The predicted octanol–water partition coefficient (Wildman–Crippen LogP) is 3.05. The van der Waals surface area contributed by atoms with E-state index in [4.69, 9.17) is 4.74 Å². The van der Waals surface area contributed by atoms with Crippen molar-refractivity contribution in [3.63, 3.8) is 0 Å². The Bertz CT molecular complexity index is 209. The van der Waals surface area contributed by atoms with Gasteiger partial charge in [-0.25, -0.2) is 0 Å². The van der Waals surface area contributed by atoms with Crippen molar-refractivity contribution in [2.75, 3.05) is 32.8 Å². The molecule has 3 nitrogen and oxygen atoms in total. The van der Waals surface area contributed by atoms with Crippen LogP contribution in [0.3, 0.4) is 0 Å². The van der Waals surface area contributed by atoms with Gasteiger partial charge in [0.15, 0.2) is 0 Å². The smallest absolute Gasteiger partial charge is 0.0634 e. The Balaban J connectivity index is 2.13. The average molecular weight is 270 g/mol. The molecular weight excluding hydrogens is 236 g/mol. The Hall–Kier alpha value is -0.120. The molecule has 1 heterocycles. The number of rotatable bonds is 10. The first-order chi connectivity index (χ1) is 9.24. The van der Waals surface area contributed by atoms with E-state index in [1.165, 1.54) is 45.1 Å². The Morgan fingerprint density at radius 1 is 1.16 bits per heavy atom. The quantitative estimate of drug-likeness (QED) is 0.618. The van der Waals surface area contributed by atoms with Crippen LogP contribution in [0.4, 0.5) is 0 Å². The molecule has 1 unspecified atom stereocenters. The molecule has 0 aliphatic carbocycles. The fourth-order valence-corrected chi connectivity index (χ4v) is 2.64. The zero-order valence-electron chi connectivity index (χ0n) is 13.3. The minimum absolute atomic E-state index is 0.567. The summed E-state index contributed by atoms with van der Waals surface area (Å²) in [6, 6.07) is 1.14. The molecular formula is C16H34N2O. The zero-order valence-corrected chi connectivity index (χ0v) is 13.3. The van der Waals surface area contributed by atoms with E-state index < -0.39 is 0 Å². The Labute approximate surface area is 120 Å². The van der Waals surface area contributed by atoms with Crippen LogP contribution in [0.15, 0.2) is 0 Å². The molecule has 0 aromatic heterocycles. The molecule has 0 aromatic rings. The van der Waals surface area contributed by atoms with Gasteiger partial charge in [-0.2, -0.15) is 0 Å². The second-order valence-corrected chi connectivity index (χ2v) is 6.10. The van der Waals surface area contributed by atoms with Crippen LogP contribution in [0, 0.1) is 0 Å². The number of hydrogen-bond acceptors (Lipinski definition) is 3. The fraction of sp³-hybridized carbons (Fsp3) is 1.00. The maximum absolute atomic E-state index is 5.62. The number of unbranched alkanes of at least 4 members (excludes halogenated alkanes) is 5. The van der Waals surface area contributed by atoms with Gasteiger partial charge in [0.25, 0.3) is 0 Å². The molecule has 3 heteroatoms. The highest BCUT2D eigenvalue weighted by molar-refractivity contribution is 4.78. The van der Waals surface area contributed by atoms with Gasteiger partial charge in [0.2, 0.25) is 0 Å². The molecule has 1 rings (SSSR count). The first-order valence-corrected chi connectivity index (χ1v) is 8.29. The number of nitrogens with zero attached hydrogens (tertiary/aromatic N) is 1. The van der Waals surface area contributed by atoms with Crippen LogP contribution in [0.5, 0.6) is 0 Å². The highest BCUT2D eigenvalue weighted by Gasteiger charge is 2.22. The molecule has 1 aliphatic heterocycles. The summed E-state index contributed by atoms with van der Waals surface area (Å²) in [6.07, 6.45) is 8.31. The minimum Gasteiger partial charge on any atom is -0.378 e. The van der Waals surface area contributed by atoms with E-state index in [0.29, 0.717) is 12.1 Å². The van der Waals surface area contributed by atoms with Crippen molar-refractivity contribution in [2.45, 2.75) is 71.4 Å². The summed E-state index contributed by atoms with van der Waals surface area (Å²) in [4.78, 5) is 2.62. The van der Waals surface area contributed by atoms with Crippen molar-refractivity contribution in [1.29, 1.82) is 0 Å². The van der Waals surface area contributed by atoms with Gasteiger partial charge in [-0.3, -0.25) is 4.90 Å². The second kappa shape index (κ2) is 10.6. The topological polar surface area (TPSA) is 24.5 Å². The lowest BCUT2D eigenvalue weighted by atomic mass is 10.1.